The van der Waals surface area contributed by atoms with Crippen molar-refractivity contribution < 1.29 is 4.79 Å². The molecule has 3 aromatic rings. The van der Waals surface area contributed by atoms with Crippen LogP contribution in [0.4, 0.5) is 5.69 Å². The van der Waals surface area contributed by atoms with E-state index in [1.54, 1.807) is 0 Å². The van der Waals surface area contributed by atoms with E-state index in [9.17, 15) is 4.79 Å². The van der Waals surface area contributed by atoms with Crippen LogP contribution in [0, 0.1) is 0 Å². The first-order chi connectivity index (χ1) is 19.3. The van der Waals surface area contributed by atoms with Gasteiger partial charge in [-0.2, -0.15) is 0 Å². The fourth-order valence-corrected chi connectivity index (χ4v) is 7.03. The highest BCUT2D eigenvalue weighted by Crippen LogP contribution is 2.31. The van der Waals surface area contributed by atoms with E-state index >= 15 is 0 Å². The van der Waals surface area contributed by atoms with Crippen molar-refractivity contribution in [2.45, 2.75) is 63.3 Å². The number of piperazine rings is 1. The van der Waals surface area contributed by atoms with Gasteiger partial charge >= 0.3 is 0 Å². The molecule has 39 heavy (non-hydrogen) atoms. The number of amides is 1. The molecule has 2 aliphatic heterocycles. The zero-order valence-corrected chi connectivity index (χ0v) is 23.3. The molecule has 0 N–H and O–H groups in total. The largest absolute Gasteiger partial charge is 0.369 e. The second kappa shape index (κ2) is 12.4. The normalized spacial score (nSPS) is 19.3. The first-order valence-electron chi connectivity index (χ1n) is 15.3. The van der Waals surface area contributed by atoms with Crippen LogP contribution >= 0.6 is 0 Å². The second-order valence-corrected chi connectivity index (χ2v) is 11.7. The van der Waals surface area contributed by atoms with Crippen LogP contribution in [0.2, 0.25) is 0 Å². The molecule has 1 amide bonds. The highest BCUT2D eigenvalue weighted by atomic mass is 16.2. The number of nitrogens with zero attached hydrogens (tertiary/aromatic N) is 3. The fourth-order valence-electron chi connectivity index (χ4n) is 7.03. The zero-order chi connectivity index (χ0) is 26.4. The second-order valence-electron chi connectivity index (χ2n) is 11.7. The highest BCUT2D eigenvalue weighted by molar-refractivity contribution is 5.98. The summed E-state index contributed by atoms with van der Waals surface area (Å²) in [5, 5.41) is 0. The Labute approximate surface area is 234 Å². The van der Waals surface area contributed by atoms with Crippen LogP contribution in [0.15, 0.2) is 78.9 Å². The molecular formula is C35H43N3O. The van der Waals surface area contributed by atoms with Gasteiger partial charge in [0.05, 0.1) is 0 Å². The van der Waals surface area contributed by atoms with Gasteiger partial charge in [-0.15, -0.1) is 0 Å². The van der Waals surface area contributed by atoms with Crippen molar-refractivity contribution in [1.82, 2.24) is 9.80 Å². The molecule has 4 nitrogen and oxygen atoms in total. The number of fused-ring (bicyclic) bond motifs is 1. The monoisotopic (exact) mass is 521 g/mol. The molecule has 3 aliphatic rings. The number of anilines is 1. The molecule has 0 spiro atoms. The van der Waals surface area contributed by atoms with Gasteiger partial charge in [0.15, 0.2) is 0 Å². The number of hydrogen-bond acceptors (Lipinski definition) is 3. The van der Waals surface area contributed by atoms with Crippen molar-refractivity contribution >= 4 is 11.6 Å². The van der Waals surface area contributed by atoms with Crippen molar-refractivity contribution in [1.29, 1.82) is 0 Å². The topological polar surface area (TPSA) is 26.8 Å². The Morgan fingerprint density at radius 2 is 1.36 bits per heavy atom. The SMILES string of the molecule is O=C1c2cc(N3CCN(CCC(c4ccccc4)c4ccccc4)CC3)ccc2CCN1C1CCCCCC1. The quantitative estimate of drug-likeness (QED) is 0.322. The van der Waals surface area contributed by atoms with E-state index in [1.165, 1.54) is 60.9 Å². The predicted molar refractivity (Wildman–Crippen MR) is 161 cm³/mol. The minimum Gasteiger partial charge on any atom is -0.369 e. The number of carbonyl (C=O) groups excluding carboxylic acids is 1. The summed E-state index contributed by atoms with van der Waals surface area (Å²) in [6.07, 6.45) is 9.66. The van der Waals surface area contributed by atoms with Gasteiger partial charge < -0.3 is 9.80 Å². The maximum Gasteiger partial charge on any atom is 0.254 e. The maximum atomic E-state index is 13.6. The predicted octanol–water partition coefficient (Wildman–Crippen LogP) is 6.75. The van der Waals surface area contributed by atoms with Crippen LogP contribution < -0.4 is 4.90 Å². The molecule has 1 saturated carbocycles. The Hall–Kier alpha value is -3.11. The number of carbonyl (C=O) groups is 1. The van der Waals surface area contributed by atoms with Crippen LogP contribution in [-0.4, -0.2) is 61.0 Å². The molecule has 4 heteroatoms. The van der Waals surface area contributed by atoms with E-state index in [-0.39, 0.29) is 5.91 Å². The van der Waals surface area contributed by atoms with Crippen LogP contribution in [0.25, 0.3) is 0 Å². The van der Waals surface area contributed by atoms with Gasteiger partial charge in [0, 0.05) is 55.9 Å². The average molecular weight is 522 g/mol. The van der Waals surface area contributed by atoms with E-state index in [0.717, 1.165) is 57.7 Å². The van der Waals surface area contributed by atoms with Crippen LogP contribution in [0.5, 0.6) is 0 Å². The highest BCUT2D eigenvalue weighted by Gasteiger charge is 2.31. The van der Waals surface area contributed by atoms with Gasteiger partial charge in [0.1, 0.15) is 0 Å². The lowest BCUT2D eigenvalue weighted by atomic mass is 9.88. The fraction of sp³-hybridized carbons (Fsp3) is 0.457. The molecule has 0 unspecified atom stereocenters. The van der Waals surface area contributed by atoms with Gasteiger partial charge in [-0.25, -0.2) is 0 Å². The summed E-state index contributed by atoms with van der Waals surface area (Å²) in [4.78, 5) is 20.9. The summed E-state index contributed by atoms with van der Waals surface area (Å²) < 4.78 is 0. The Bertz CT molecular complexity index is 1170. The smallest absolute Gasteiger partial charge is 0.254 e. The lowest BCUT2D eigenvalue weighted by molar-refractivity contribution is 0.0641. The standard InChI is InChI=1S/C35H43N3O/c39-35-34-27-32(18-17-30(34)19-22-38(35)31-15-9-1-2-10-16-31)37-25-23-36(24-26-37)21-20-33(28-11-5-3-6-12-28)29-13-7-4-8-14-29/h3-8,11-14,17-18,27,31,33H,1-2,9-10,15-16,19-26H2. The van der Waals surface area contributed by atoms with E-state index < -0.39 is 0 Å². The third kappa shape index (κ3) is 6.06. The molecule has 3 aromatic carbocycles. The van der Waals surface area contributed by atoms with E-state index in [2.05, 4.69) is 93.6 Å². The molecule has 2 fully saturated rings. The minimum atomic E-state index is 0.275. The molecule has 0 bridgehead atoms. The summed E-state index contributed by atoms with van der Waals surface area (Å²) in [7, 11) is 0. The van der Waals surface area contributed by atoms with Crippen molar-refractivity contribution in [2.24, 2.45) is 0 Å². The lowest BCUT2D eigenvalue weighted by Gasteiger charge is -2.38. The van der Waals surface area contributed by atoms with Gasteiger partial charge in [0.25, 0.3) is 5.91 Å². The Morgan fingerprint density at radius 3 is 2.00 bits per heavy atom. The van der Waals surface area contributed by atoms with Crippen molar-refractivity contribution in [3.05, 3.63) is 101 Å². The van der Waals surface area contributed by atoms with Crippen LogP contribution in [0.1, 0.15) is 77.9 Å². The van der Waals surface area contributed by atoms with Gasteiger partial charge in [-0.3, -0.25) is 9.69 Å². The zero-order valence-electron chi connectivity index (χ0n) is 23.3. The number of rotatable bonds is 7. The lowest BCUT2D eigenvalue weighted by Crippen LogP contribution is -2.47. The van der Waals surface area contributed by atoms with Gasteiger partial charge in [-0.1, -0.05) is 92.4 Å². The van der Waals surface area contributed by atoms with Crippen molar-refractivity contribution in [2.75, 3.05) is 44.2 Å². The molecule has 2 heterocycles. The van der Waals surface area contributed by atoms with Crippen LogP contribution in [-0.2, 0) is 6.42 Å². The molecule has 1 aliphatic carbocycles. The molecule has 1 saturated heterocycles. The first kappa shape index (κ1) is 26.1. The summed E-state index contributed by atoms with van der Waals surface area (Å²) >= 11 is 0. The maximum absolute atomic E-state index is 13.6. The minimum absolute atomic E-state index is 0.275. The van der Waals surface area contributed by atoms with Crippen molar-refractivity contribution in [3.8, 4) is 0 Å². The Kier molecular flexibility index (Phi) is 8.30. The van der Waals surface area contributed by atoms with E-state index in [1.807, 2.05) is 0 Å². The first-order valence-corrected chi connectivity index (χ1v) is 15.3. The molecule has 204 valence electrons. The third-order valence-corrected chi connectivity index (χ3v) is 9.35. The number of benzene rings is 3. The molecule has 0 atom stereocenters. The van der Waals surface area contributed by atoms with Gasteiger partial charge in [-0.05, 0) is 61.1 Å². The van der Waals surface area contributed by atoms with E-state index in [4.69, 9.17) is 0 Å². The van der Waals surface area contributed by atoms with Crippen LogP contribution in [0.3, 0.4) is 0 Å². The average Bonchev–Trinajstić information content (AvgIpc) is 3.29. The Balaban J connectivity index is 1.08. The number of hydrogen-bond donors (Lipinski definition) is 0. The molecule has 0 aromatic heterocycles. The molecule has 6 rings (SSSR count). The summed E-state index contributed by atoms with van der Waals surface area (Å²) in [5.74, 6) is 0.699. The molecular weight excluding hydrogens is 478 g/mol. The van der Waals surface area contributed by atoms with Gasteiger partial charge in [0.2, 0.25) is 0 Å². The summed E-state index contributed by atoms with van der Waals surface area (Å²) in [5.41, 5.74) is 6.22. The third-order valence-electron chi connectivity index (χ3n) is 9.35. The summed E-state index contributed by atoms with van der Waals surface area (Å²) in [6.45, 7) is 6.15. The molecule has 0 radical (unpaired) electrons. The summed E-state index contributed by atoms with van der Waals surface area (Å²) in [6, 6.07) is 29.0. The Morgan fingerprint density at radius 1 is 0.718 bits per heavy atom. The van der Waals surface area contributed by atoms with Crippen molar-refractivity contribution in [3.63, 3.8) is 0 Å². The van der Waals surface area contributed by atoms with E-state index in [0.29, 0.717) is 12.0 Å².